The summed E-state index contributed by atoms with van der Waals surface area (Å²) in [6.45, 7) is 7.31. The fourth-order valence-electron chi connectivity index (χ4n) is 2.77. The van der Waals surface area contributed by atoms with Crippen LogP contribution in [0.4, 0.5) is 0 Å². The summed E-state index contributed by atoms with van der Waals surface area (Å²) in [7, 11) is 1.83. The van der Waals surface area contributed by atoms with Crippen molar-refractivity contribution in [2.24, 2.45) is 5.92 Å². The van der Waals surface area contributed by atoms with Crippen LogP contribution in [0, 0.1) is 5.92 Å². The molecule has 1 fully saturated rings. The van der Waals surface area contributed by atoms with E-state index in [1.165, 1.54) is 18.4 Å². The van der Waals surface area contributed by atoms with E-state index < -0.39 is 0 Å². The van der Waals surface area contributed by atoms with Crippen LogP contribution in [-0.4, -0.2) is 25.9 Å². The zero-order valence-electron chi connectivity index (χ0n) is 13.8. The predicted molar refractivity (Wildman–Crippen MR) is 86.8 cm³/mol. The fraction of sp³-hybridized carbons (Fsp3) is 0.667. The molecular weight excluding hydrogens is 262 g/mol. The highest BCUT2D eigenvalue weighted by Crippen LogP contribution is 2.40. The zero-order chi connectivity index (χ0) is 15.2. The molecule has 0 heterocycles. The summed E-state index contributed by atoms with van der Waals surface area (Å²) in [5.74, 6) is 1.64. The summed E-state index contributed by atoms with van der Waals surface area (Å²) in [4.78, 5) is 0. The topological polar surface area (TPSA) is 30.5 Å². The smallest absolute Gasteiger partial charge is 0.119 e. The van der Waals surface area contributed by atoms with Crippen LogP contribution in [0.1, 0.15) is 51.6 Å². The van der Waals surface area contributed by atoms with Gasteiger partial charge in [-0.05, 0) is 63.3 Å². The molecule has 1 N–H and O–H groups in total. The molecule has 1 aromatic rings. The van der Waals surface area contributed by atoms with Crippen LogP contribution in [-0.2, 0) is 4.74 Å². The van der Waals surface area contributed by atoms with Gasteiger partial charge in [0.15, 0.2) is 0 Å². The van der Waals surface area contributed by atoms with Gasteiger partial charge >= 0.3 is 0 Å². The Morgan fingerprint density at radius 2 is 1.86 bits per heavy atom. The third-order valence-corrected chi connectivity index (χ3v) is 3.91. The number of rotatable bonds is 9. The Morgan fingerprint density at radius 1 is 1.19 bits per heavy atom. The van der Waals surface area contributed by atoms with Gasteiger partial charge in [-0.1, -0.05) is 19.1 Å². The van der Waals surface area contributed by atoms with Crippen LogP contribution in [0.5, 0.6) is 5.75 Å². The summed E-state index contributed by atoms with van der Waals surface area (Å²) < 4.78 is 11.5. The Labute approximate surface area is 129 Å². The van der Waals surface area contributed by atoms with Crippen LogP contribution in [0.3, 0.4) is 0 Å². The zero-order valence-corrected chi connectivity index (χ0v) is 13.8. The lowest BCUT2D eigenvalue weighted by Crippen LogP contribution is -2.35. The van der Waals surface area contributed by atoms with Crippen molar-refractivity contribution in [3.05, 3.63) is 29.8 Å². The summed E-state index contributed by atoms with van der Waals surface area (Å²) >= 11 is 0. The quantitative estimate of drug-likeness (QED) is 0.747. The first kappa shape index (κ1) is 16.3. The maximum atomic E-state index is 5.79. The molecule has 0 saturated heterocycles. The van der Waals surface area contributed by atoms with E-state index in [9.17, 15) is 0 Å². The molecule has 0 aliphatic heterocycles. The highest BCUT2D eigenvalue weighted by atomic mass is 16.5. The van der Waals surface area contributed by atoms with Gasteiger partial charge < -0.3 is 14.8 Å². The third kappa shape index (κ3) is 4.72. The lowest BCUT2D eigenvalue weighted by molar-refractivity contribution is 0.0506. The molecule has 2 rings (SSSR count). The fourth-order valence-corrected chi connectivity index (χ4v) is 2.77. The van der Waals surface area contributed by atoms with Crippen LogP contribution >= 0.6 is 0 Å². The summed E-state index contributed by atoms with van der Waals surface area (Å²) in [6, 6.07) is 8.74. The van der Waals surface area contributed by atoms with E-state index in [0.717, 1.165) is 18.7 Å². The summed E-state index contributed by atoms with van der Waals surface area (Å²) in [6.07, 6.45) is 4.19. The second-order valence-corrected chi connectivity index (χ2v) is 6.21. The van der Waals surface area contributed by atoms with Crippen LogP contribution < -0.4 is 10.1 Å². The van der Waals surface area contributed by atoms with Gasteiger partial charge in [-0.15, -0.1) is 0 Å². The molecular formula is C18H29NO2. The van der Waals surface area contributed by atoms with Crippen molar-refractivity contribution >= 4 is 0 Å². The van der Waals surface area contributed by atoms with Gasteiger partial charge in [0.25, 0.3) is 0 Å². The highest BCUT2D eigenvalue weighted by Gasteiger charge is 2.37. The standard InChI is InChI=1S/C18H29NO2/c1-5-12-19-17(18(20-4)15-6-7-15)14-8-10-16(11-9-14)21-13(2)3/h8-11,13,15,17-19H,5-7,12H2,1-4H3. The highest BCUT2D eigenvalue weighted by molar-refractivity contribution is 5.30. The van der Waals surface area contributed by atoms with Crippen molar-refractivity contribution < 1.29 is 9.47 Å². The first-order chi connectivity index (χ1) is 10.2. The minimum absolute atomic E-state index is 0.211. The molecule has 2 unspecified atom stereocenters. The Bertz CT molecular complexity index is 412. The van der Waals surface area contributed by atoms with Gasteiger partial charge in [0, 0.05) is 7.11 Å². The molecule has 118 valence electrons. The van der Waals surface area contributed by atoms with E-state index in [2.05, 4.69) is 36.5 Å². The minimum Gasteiger partial charge on any atom is -0.491 e. The van der Waals surface area contributed by atoms with Crippen molar-refractivity contribution in [3.8, 4) is 5.75 Å². The second kappa shape index (κ2) is 7.81. The van der Waals surface area contributed by atoms with Gasteiger partial charge in [0.2, 0.25) is 0 Å². The number of benzene rings is 1. The predicted octanol–water partition coefficient (Wildman–Crippen LogP) is 3.94. The molecule has 0 spiro atoms. The summed E-state index contributed by atoms with van der Waals surface area (Å²) in [5, 5.41) is 3.65. The van der Waals surface area contributed by atoms with Crippen LogP contribution in [0.2, 0.25) is 0 Å². The van der Waals surface area contributed by atoms with E-state index in [0.29, 0.717) is 5.92 Å². The molecule has 1 aliphatic carbocycles. The largest absolute Gasteiger partial charge is 0.491 e. The normalized spacial score (nSPS) is 17.8. The number of hydrogen-bond donors (Lipinski definition) is 1. The number of ether oxygens (including phenoxy) is 2. The number of methoxy groups -OCH3 is 1. The van der Waals surface area contributed by atoms with Gasteiger partial charge in [-0.25, -0.2) is 0 Å². The lowest BCUT2D eigenvalue weighted by Gasteiger charge is -2.28. The van der Waals surface area contributed by atoms with E-state index in [1.807, 2.05) is 21.0 Å². The molecule has 1 aliphatic rings. The SMILES string of the molecule is CCCNC(c1ccc(OC(C)C)cc1)C(OC)C1CC1. The average Bonchev–Trinajstić information content (AvgIpc) is 3.28. The first-order valence-corrected chi connectivity index (χ1v) is 8.18. The van der Waals surface area contributed by atoms with Crippen molar-refractivity contribution in [2.75, 3.05) is 13.7 Å². The average molecular weight is 291 g/mol. The van der Waals surface area contributed by atoms with Gasteiger partial charge in [-0.3, -0.25) is 0 Å². The van der Waals surface area contributed by atoms with Gasteiger partial charge in [0.05, 0.1) is 18.2 Å². The Balaban J connectivity index is 2.11. The van der Waals surface area contributed by atoms with E-state index in [-0.39, 0.29) is 18.2 Å². The van der Waals surface area contributed by atoms with E-state index in [1.54, 1.807) is 0 Å². The maximum absolute atomic E-state index is 5.79. The van der Waals surface area contributed by atoms with Crippen LogP contribution in [0.25, 0.3) is 0 Å². The molecule has 0 amide bonds. The molecule has 2 atom stereocenters. The molecule has 1 saturated carbocycles. The van der Waals surface area contributed by atoms with Crippen molar-refractivity contribution in [3.63, 3.8) is 0 Å². The molecule has 0 radical (unpaired) electrons. The van der Waals surface area contributed by atoms with Gasteiger partial charge in [0.1, 0.15) is 5.75 Å². The maximum Gasteiger partial charge on any atom is 0.119 e. The molecule has 0 bridgehead atoms. The molecule has 3 heteroatoms. The van der Waals surface area contributed by atoms with Crippen LogP contribution in [0.15, 0.2) is 24.3 Å². The Kier molecular flexibility index (Phi) is 6.07. The first-order valence-electron chi connectivity index (χ1n) is 8.18. The molecule has 0 aromatic heterocycles. The second-order valence-electron chi connectivity index (χ2n) is 6.21. The monoisotopic (exact) mass is 291 g/mol. The number of hydrogen-bond acceptors (Lipinski definition) is 3. The Morgan fingerprint density at radius 3 is 2.33 bits per heavy atom. The lowest BCUT2D eigenvalue weighted by atomic mass is 9.97. The minimum atomic E-state index is 0.211. The van der Waals surface area contributed by atoms with E-state index in [4.69, 9.17) is 9.47 Å². The van der Waals surface area contributed by atoms with E-state index >= 15 is 0 Å². The third-order valence-electron chi connectivity index (χ3n) is 3.91. The van der Waals surface area contributed by atoms with Crippen molar-refractivity contribution in [2.45, 2.75) is 58.3 Å². The van der Waals surface area contributed by atoms with Gasteiger partial charge in [-0.2, -0.15) is 0 Å². The number of nitrogens with one attached hydrogen (secondary N) is 1. The summed E-state index contributed by atoms with van der Waals surface area (Å²) in [5.41, 5.74) is 1.29. The molecule has 1 aromatic carbocycles. The van der Waals surface area contributed by atoms with Crippen molar-refractivity contribution in [1.82, 2.24) is 5.32 Å². The Hall–Kier alpha value is -1.06. The van der Waals surface area contributed by atoms with Crippen molar-refractivity contribution in [1.29, 1.82) is 0 Å². The molecule has 3 nitrogen and oxygen atoms in total. The molecule has 21 heavy (non-hydrogen) atoms.